The fraction of sp³-hybridized carbons (Fsp3) is 0.909. The molecule has 14 heavy (non-hydrogen) atoms. The smallest absolute Gasteiger partial charge is 0.225 e. The van der Waals surface area contributed by atoms with E-state index in [4.69, 9.17) is 5.73 Å². The molecule has 0 aromatic rings. The minimum atomic E-state index is 0.260. The molecule has 2 unspecified atom stereocenters. The van der Waals surface area contributed by atoms with Crippen molar-refractivity contribution < 1.29 is 4.79 Å². The predicted octanol–water partition coefficient (Wildman–Crippen LogP) is 1.23. The highest BCUT2D eigenvalue weighted by molar-refractivity contribution is 5.78. The summed E-state index contributed by atoms with van der Waals surface area (Å²) >= 11 is 0. The van der Waals surface area contributed by atoms with Crippen LogP contribution in [0.15, 0.2) is 0 Å². The second-order valence-corrected chi connectivity index (χ2v) is 4.54. The van der Waals surface area contributed by atoms with Crippen LogP contribution in [-0.2, 0) is 4.79 Å². The SMILES string of the molecule is CN(C)C(=O)C1CCCC(CCN)C1. The number of carbonyl (C=O) groups is 1. The van der Waals surface area contributed by atoms with Gasteiger partial charge in [-0.15, -0.1) is 0 Å². The molecule has 1 fully saturated rings. The lowest BCUT2D eigenvalue weighted by Crippen LogP contribution is -2.33. The highest BCUT2D eigenvalue weighted by Gasteiger charge is 2.27. The first-order valence-electron chi connectivity index (χ1n) is 5.56. The molecule has 1 rings (SSSR count). The highest BCUT2D eigenvalue weighted by atomic mass is 16.2. The highest BCUT2D eigenvalue weighted by Crippen LogP contribution is 2.31. The van der Waals surface area contributed by atoms with E-state index in [0.29, 0.717) is 11.8 Å². The first kappa shape index (κ1) is 11.5. The van der Waals surface area contributed by atoms with Crippen LogP contribution in [0.5, 0.6) is 0 Å². The lowest BCUT2D eigenvalue weighted by Gasteiger charge is -2.29. The van der Waals surface area contributed by atoms with Crippen LogP contribution in [0.25, 0.3) is 0 Å². The third-order valence-electron chi connectivity index (χ3n) is 3.15. The Kier molecular flexibility index (Phi) is 4.39. The molecule has 0 saturated heterocycles. The number of hydrogen-bond donors (Lipinski definition) is 1. The predicted molar refractivity (Wildman–Crippen MR) is 57.8 cm³/mol. The Morgan fingerprint density at radius 2 is 2.14 bits per heavy atom. The van der Waals surface area contributed by atoms with Crippen LogP contribution < -0.4 is 5.73 Å². The minimum Gasteiger partial charge on any atom is -0.349 e. The van der Waals surface area contributed by atoms with Gasteiger partial charge in [-0.05, 0) is 31.7 Å². The maximum absolute atomic E-state index is 11.7. The molecule has 3 nitrogen and oxygen atoms in total. The van der Waals surface area contributed by atoms with Crippen molar-refractivity contribution in [2.75, 3.05) is 20.6 Å². The van der Waals surface area contributed by atoms with Gasteiger partial charge < -0.3 is 10.6 Å². The molecular weight excluding hydrogens is 176 g/mol. The zero-order chi connectivity index (χ0) is 10.6. The molecule has 0 aromatic carbocycles. The zero-order valence-electron chi connectivity index (χ0n) is 9.33. The molecular formula is C11H22N2O. The Labute approximate surface area is 86.6 Å². The van der Waals surface area contributed by atoms with E-state index in [9.17, 15) is 4.79 Å². The van der Waals surface area contributed by atoms with E-state index in [0.717, 1.165) is 25.8 Å². The summed E-state index contributed by atoms with van der Waals surface area (Å²) in [7, 11) is 3.68. The van der Waals surface area contributed by atoms with Gasteiger partial charge in [0.25, 0.3) is 0 Å². The van der Waals surface area contributed by atoms with Crippen LogP contribution in [-0.4, -0.2) is 31.4 Å². The van der Waals surface area contributed by atoms with Crippen molar-refractivity contribution in [2.24, 2.45) is 17.6 Å². The molecule has 2 atom stereocenters. The maximum Gasteiger partial charge on any atom is 0.225 e. The summed E-state index contributed by atoms with van der Waals surface area (Å²) in [6.45, 7) is 0.757. The first-order chi connectivity index (χ1) is 6.65. The van der Waals surface area contributed by atoms with Gasteiger partial charge in [-0.1, -0.05) is 12.8 Å². The van der Waals surface area contributed by atoms with Gasteiger partial charge >= 0.3 is 0 Å². The quantitative estimate of drug-likeness (QED) is 0.741. The van der Waals surface area contributed by atoms with Gasteiger partial charge in [-0.3, -0.25) is 4.79 Å². The van der Waals surface area contributed by atoms with Crippen LogP contribution in [0, 0.1) is 11.8 Å². The maximum atomic E-state index is 11.7. The summed E-state index contributed by atoms with van der Waals surface area (Å²) in [6, 6.07) is 0. The molecule has 82 valence electrons. The largest absolute Gasteiger partial charge is 0.349 e. The lowest BCUT2D eigenvalue weighted by atomic mass is 9.79. The van der Waals surface area contributed by atoms with E-state index in [1.54, 1.807) is 4.90 Å². The van der Waals surface area contributed by atoms with Gasteiger partial charge in [-0.2, -0.15) is 0 Å². The third-order valence-corrected chi connectivity index (χ3v) is 3.15. The van der Waals surface area contributed by atoms with Crippen molar-refractivity contribution in [1.29, 1.82) is 0 Å². The zero-order valence-corrected chi connectivity index (χ0v) is 9.33. The number of nitrogens with two attached hydrogens (primary N) is 1. The van der Waals surface area contributed by atoms with E-state index in [-0.39, 0.29) is 5.92 Å². The molecule has 0 heterocycles. The average Bonchev–Trinajstić information content (AvgIpc) is 2.17. The van der Waals surface area contributed by atoms with Gasteiger partial charge in [0.1, 0.15) is 0 Å². The Balaban J connectivity index is 2.43. The van der Waals surface area contributed by atoms with E-state index >= 15 is 0 Å². The van der Waals surface area contributed by atoms with E-state index in [1.165, 1.54) is 12.8 Å². The average molecular weight is 198 g/mol. The number of hydrogen-bond acceptors (Lipinski definition) is 2. The summed E-state index contributed by atoms with van der Waals surface area (Å²) in [6.07, 6.45) is 5.65. The van der Waals surface area contributed by atoms with Crippen LogP contribution in [0.2, 0.25) is 0 Å². The fourth-order valence-corrected chi connectivity index (χ4v) is 2.38. The molecule has 1 amide bonds. The molecule has 1 aliphatic carbocycles. The van der Waals surface area contributed by atoms with E-state index in [1.807, 2.05) is 14.1 Å². The summed E-state index contributed by atoms with van der Waals surface area (Å²) < 4.78 is 0. The molecule has 2 N–H and O–H groups in total. The molecule has 0 bridgehead atoms. The van der Waals surface area contributed by atoms with E-state index in [2.05, 4.69) is 0 Å². The van der Waals surface area contributed by atoms with Crippen LogP contribution in [0.1, 0.15) is 32.1 Å². The first-order valence-corrected chi connectivity index (χ1v) is 5.56. The van der Waals surface area contributed by atoms with Crippen LogP contribution in [0.3, 0.4) is 0 Å². The van der Waals surface area contributed by atoms with Gasteiger partial charge in [0, 0.05) is 20.0 Å². The Hall–Kier alpha value is -0.570. The normalized spacial score (nSPS) is 27.4. The Bertz CT molecular complexity index is 190. The second kappa shape index (κ2) is 5.35. The summed E-state index contributed by atoms with van der Waals surface area (Å²) in [4.78, 5) is 13.5. The van der Waals surface area contributed by atoms with Gasteiger partial charge in [0.15, 0.2) is 0 Å². The number of rotatable bonds is 3. The van der Waals surface area contributed by atoms with Gasteiger partial charge in [-0.25, -0.2) is 0 Å². The van der Waals surface area contributed by atoms with Gasteiger partial charge in [0.2, 0.25) is 5.91 Å². The molecule has 0 radical (unpaired) electrons. The molecule has 1 saturated carbocycles. The topological polar surface area (TPSA) is 46.3 Å². The summed E-state index contributed by atoms with van der Waals surface area (Å²) in [5, 5.41) is 0. The minimum absolute atomic E-state index is 0.260. The van der Waals surface area contributed by atoms with Crippen molar-refractivity contribution in [1.82, 2.24) is 4.90 Å². The number of amides is 1. The van der Waals surface area contributed by atoms with Crippen molar-refractivity contribution in [2.45, 2.75) is 32.1 Å². The van der Waals surface area contributed by atoms with Gasteiger partial charge in [0.05, 0.1) is 0 Å². The Morgan fingerprint density at radius 1 is 1.43 bits per heavy atom. The monoisotopic (exact) mass is 198 g/mol. The fourth-order valence-electron chi connectivity index (χ4n) is 2.38. The van der Waals surface area contributed by atoms with Crippen molar-refractivity contribution in [3.8, 4) is 0 Å². The van der Waals surface area contributed by atoms with E-state index < -0.39 is 0 Å². The standard InChI is InChI=1S/C11H22N2O/c1-13(2)11(14)10-5-3-4-9(8-10)6-7-12/h9-10H,3-8,12H2,1-2H3. The molecule has 0 spiro atoms. The van der Waals surface area contributed by atoms with Crippen LogP contribution >= 0.6 is 0 Å². The summed E-state index contributed by atoms with van der Waals surface area (Å²) in [5.41, 5.74) is 5.55. The Morgan fingerprint density at radius 3 is 2.71 bits per heavy atom. The van der Waals surface area contributed by atoms with Crippen molar-refractivity contribution >= 4 is 5.91 Å². The number of carbonyl (C=O) groups excluding carboxylic acids is 1. The summed E-state index contributed by atoms with van der Waals surface area (Å²) in [5.74, 6) is 1.24. The lowest BCUT2D eigenvalue weighted by molar-refractivity contribution is -0.134. The third kappa shape index (κ3) is 2.98. The molecule has 3 heteroatoms. The molecule has 0 aromatic heterocycles. The molecule has 0 aliphatic heterocycles. The van der Waals surface area contributed by atoms with Crippen molar-refractivity contribution in [3.05, 3.63) is 0 Å². The second-order valence-electron chi connectivity index (χ2n) is 4.54. The van der Waals surface area contributed by atoms with Crippen LogP contribution in [0.4, 0.5) is 0 Å². The number of nitrogens with zero attached hydrogens (tertiary/aromatic N) is 1. The molecule has 1 aliphatic rings. The van der Waals surface area contributed by atoms with Crippen molar-refractivity contribution in [3.63, 3.8) is 0 Å².